The third-order valence-electron chi connectivity index (χ3n) is 3.55. The van der Waals surface area contributed by atoms with Gasteiger partial charge in [-0.3, -0.25) is 10.1 Å². The van der Waals surface area contributed by atoms with Gasteiger partial charge in [0.2, 0.25) is 5.96 Å². The van der Waals surface area contributed by atoms with Gasteiger partial charge in [0, 0.05) is 17.3 Å². The lowest BCUT2D eigenvalue weighted by Crippen LogP contribution is -2.36. The first-order valence-corrected chi connectivity index (χ1v) is 7.22. The van der Waals surface area contributed by atoms with Crippen LogP contribution in [0.5, 0.6) is 0 Å². The van der Waals surface area contributed by atoms with Crippen LogP contribution in [0.2, 0.25) is 0 Å². The van der Waals surface area contributed by atoms with Crippen LogP contribution in [0, 0.1) is 0 Å². The summed E-state index contributed by atoms with van der Waals surface area (Å²) >= 11 is 0. The number of benzene rings is 2. The second-order valence-electron chi connectivity index (χ2n) is 5.41. The number of guanidine groups is 1. The standard InChI is InChI=1S/C17H18N4O/c1-11-9-13-7-8-14(10-15(13)19-11)20-17(18)21-16(22)12-5-3-2-4-6-12/h2-8,10-11,19H,9H2,1H3,(H3,18,20,21,22). The van der Waals surface area contributed by atoms with Crippen LogP contribution in [-0.2, 0) is 6.42 Å². The molecular weight excluding hydrogens is 276 g/mol. The van der Waals surface area contributed by atoms with Crippen LogP contribution < -0.4 is 16.4 Å². The number of nitrogens with one attached hydrogen (secondary N) is 2. The van der Waals surface area contributed by atoms with Gasteiger partial charge >= 0.3 is 0 Å². The van der Waals surface area contributed by atoms with Gasteiger partial charge in [-0.05, 0) is 43.2 Å². The van der Waals surface area contributed by atoms with Gasteiger partial charge in [-0.1, -0.05) is 24.3 Å². The summed E-state index contributed by atoms with van der Waals surface area (Å²) in [6.07, 6.45) is 1.01. The van der Waals surface area contributed by atoms with Crippen LogP contribution >= 0.6 is 0 Å². The normalized spacial score (nSPS) is 16.8. The molecule has 1 aliphatic rings. The molecule has 0 saturated heterocycles. The Morgan fingerprint density at radius 1 is 1.27 bits per heavy atom. The SMILES string of the molecule is CC1Cc2ccc(N=C(N)NC(=O)c3ccccc3)cc2N1. The van der Waals surface area contributed by atoms with Gasteiger partial charge < -0.3 is 11.1 Å². The number of carbonyl (C=O) groups is 1. The minimum Gasteiger partial charge on any atom is -0.382 e. The zero-order valence-electron chi connectivity index (χ0n) is 12.3. The van der Waals surface area contributed by atoms with Gasteiger partial charge in [0.05, 0.1) is 5.69 Å². The lowest BCUT2D eigenvalue weighted by molar-refractivity contribution is 0.0976. The summed E-state index contributed by atoms with van der Waals surface area (Å²) in [5.41, 5.74) is 9.43. The van der Waals surface area contributed by atoms with Crippen LogP contribution in [0.1, 0.15) is 22.8 Å². The quantitative estimate of drug-likeness (QED) is 0.588. The predicted octanol–water partition coefficient (Wildman–Crippen LogP) is 2.42. The van der Waals surface area contributed by atoms with E-state index >= 15 is 0 Å². The maximum absolute atomic E-state index is 12.0. The maximum Gasteiger partial charge on any atom is 0.257 e. The Bertz CT molecular complexity index is 725. The highest BCUT2D eigenvalue weighted by Gasteiger charge is 2.16. The van der Waals surface area contributed by atoms with Crippen molar-refractivity contribution in [1.29, 1.82) is 0 Å². The number of rotatable bonds is 2. The Labute approximate surface area is 129 Å². The Morgan fingerprint density at radius 2 is 2.05 bits per heavy atom. The third kappa shape index (κ3) is 3.09. The molecule has 1 heterocycles. The second-order valence-corrected chi connectivity index (χ2v) is 5.41. The highest BCUT2D eigenvalue weighted by molar-refractivity contribution is 6.05. The van der Waals surface area contributed by atoms with Crippen molar-refractivity contribution in [3.05, 3.63) is 59.7 Å². The molecule has 1 unspecified atom stereocenters. The summed E-state index contributed by atoms with van der Waals surface area (Å²) in [5, 5.41) is 5.97. The Morgan fingerprint density at radius 3 is 2.82 bits per heavy atom. The van der Waals surface area contributed by atoms with Crippen molar-refractivity contribution < 1.29 is 4.79 Å². The fourth-order valence-electron chi connectivity index (χ4n) is 2.54. The van der Waals surface area contributed by atoms with Crippen molar-refractivity contribution in [2.24, 2.45) is 10.7 Å². The number of fused-ring (bicyclic) bond motifs is 1. The fraction of sp³-hybridized carbons (Fsp3) is 0.176. The van der Waals surface area contributed by atoms with E-state index in [0.29, 0.717) is 17.3 Å². The first-order valence-electron chi connectivity index (χ1n) is 7.22. The van der Waals surface area contributed by atoms with E-state index in [0.717, 1.165) is 12.1 Å². The molecule has 22 heavy (non-hydrogen) atoms. The molecule has 0 radical (unpaired) electrons. The molecule has 5 heteroatoms. The molecular formula is C17H18N4O. The Hall–Kier alpha value is -2.82. The van der Waals surface area contributed by atoms with Crippen molar-refractivity contribution in [3.63, 3.8) is 0 Å². The van der Waals surface area contributed by atoms with Gasteiger partial charge in [0.1, 0.15) is 0 Å². The number of nitrogens with two attached hydrogens (primary N) is 1. The number of hydrogen-bond acceptors (Lipinski definition) is 3. The average molecular weight is 294 g/mol. The lowest BCUT2D eigenvalue weighted by atomic mass is 10.1. The van der Waals surface area contributed by atoms with Gasteiger partial charge in [0.15, 0.2) is 0 Å². The van der Waals surface area contributed by atoms with E-state index < -0.39 is 0 Å². The van der Waals surface area contributed by atoms with E-state index in [1.165, 1.54) is 5.56 Å². The molecule has 0 fully saturated rings. The number of carbonyl (C=O) groups excluding carboxylic acids is 1. The fourth-order valence-corrected chi connectivity index (χ4v) is 2.54. The molecule has 3 rings (SSSR count). The zero-order chi connectivity index (χ0) is 15.5. The molecule has 0 aliphatic carbocycles. The molecule has 0 spiro atoms. The molecule has 1 aliphatic heterocycles. The van der Waals surface area contributed by atoms with E-state index in [9.17, 15) is 4.79 Å². The lowest BCUT2D eigenvalue weighted by Gasteiger charge is -2.06. The van der Waals surface area contributed by atoms with E-state index in [4.69, 9.17) is 5.73 Å². The van der Waals surface area contributed by atoms with Crippen molar-refractivity contribution in [2.45, 2.75) is 19.4 Å². The summed E-state index contributed by atoms with van der Waals surface area (Å²) in [6, 6.07) is 15.2. The predicted molar refractivity (Wildman–Crippen MR) is 88.4 cm³/mol. The summed E-state index contributed by atoms with van der Waals surface area (Å²) in [6.45, 7) is 2.14. The van der Waals surface area contributed by atoms with Crippen molar-refractivity contribution in [2.75, 3.05) is 5.32 Å². The van der Waals surface area contributed by atoms with Crippen LogP contribution in [0.4, 0.5) is 11.4 Å². The largest absolute Gasteiger partial charge is 0.382 e. The van der Waals surface area contributed by atoms with E-state index in [2.05, 4.69) is 22.5 Å². The van der Waals surface area contributed by atoms with Crippen LogP contribution in [0.3, 0.4) is 0 Å². The number of nitrogens with zero attached hydrogens (tertiary/aromatic N) is 1. The summed E-state index contributed by atoms with van der Waals surface area (Å²) in [5.74, 6) is -0.186. The summed E-state index contributed by atoms with van der Waals surface area (Å²) < 4.78 is 0. The molecule has 0 aromatic heterocycles. The van der Waals surface area contributed by atoms with Crippen LogP contribution in [0.25, 0.3) is 0 Å². The van der Waals surface area contributed by atoms with Gasteiger partial charge in [-0.15, -0.1) is 0 Å². The first kappa shape index (κ1) is 14.1. The second kappa shape index (κ2) is 5.89. The maximum atomic E-state index is 12.0. The highest BCUT2D eigenvalue weighted by Crippen LogP contribution is 2.29. The van der Waals surface area contributed by atoms with Crippen LogP contribution in [0.15, 0.2) is 53.5 Å². The number of amides is 1. The number of anilines is 1. The monoisotopic (exact) mass is 294 g/mol. The minimum absolute atomic E-state index is 0.0832. The van der Waals surface area contributed by atoms with Gasteiger partial charge in [0.25, 0.3) is 5.91 Å². The molecule has 112 valence electrons. The number of hydrogen-bond donors (Lipinski definition) is 3. The average Bonchev–Trinajstić information content (AvgIpc) is 2.87. The van der Waals surface area contributed by atoms with Crippen molar-refractivity contribution in [3.8, 4) is 0 Å². The zero-order valence-corrected chi connectivity index (χ0v) is 12.3. The topological polar surface area (TPSA) is 79.5 Å². The molecule has 0 bridgehead atoms. The van der Waals surface area contributed by atoms with E-state index in [-0.39, 0.29) is 11.9 Å². The summed E-state index contributed by atoms with van der Waals surface area (Å²) in [4.78, 5) is 16.2. The van der Waals surface area contributed by atoms with Crippen LogP contribution in [-0.4, -0.2) is 17.9 Å². The smallest absolute Gasteiger partial charge is 0.257 e. The van der Waals surface area contributed by atoms with E-state index in [1.807, 2.05) is 24.3 Å². The molecule has 1 atom stereocenters. The van der Waals surface area contributed by atoms with Gasteiger partial charge in [-0.25, -0.2) is 4.99 Å². The third-order valence-corrected chi connectivity index (χ3v) is 3.55. The van der Waals surface area contributed by atoms with Gasteiger partial charge in [-0.2, -0.15) is 0 Å². The molecule has 2 aromatic carbocycles. The molecule has 5 nitrogen and oxygen atoms in total. The molecule has 0 saturated carbocycles. The highest BCUT2D eigenvalue weighted by atomic mass is 16.1. The van der Waals surface area contributed by atoms with E-state index in [1.54, 1.807) is 24.3 Å². The van der Waals surface area contributed by atoms with Crippen molar-refractivity contribution >= 4 is 23.2 Å². The molecule has 4 N–H and O–H groups in total. The number of aliphatic imine (C=N–C) groups is 1. The molecule has 2 aromatic rings. The summed E-state index contributed by atoms with van der Waals surface area (Å²) in [7, 11) is 0. The molecule has 1 amide bonds. The minimum atomic E-state index is -0.269. The Balaban J connectivity index is 1.73. The first-order chi connectivity index (χ1) is 10.6. The van der Waals surface area contributed by atoms with Crippen molar-refractivity contribution in [1.82, 2.24) is 5.32 Å². The Kier molecular flexibility index (Phi) is 3.78.